The van der Waals surface area contributed by atoms with Crippen molar-refractivity contribution in [3.8, 4) is 11.8 Å². The van der Waals surface area contributed by atoms with Gasteiger partial charge in [0, 0.05) is 36.4 Å². The molecule has 1 aromatic heterocycles. The van der Waals surface area contributed by atoms with Crippen LogP contribution < -0.4 is 10.6 Å². The quantitative estimate of drug-likeness (QED) is 0.536. The van der Waals surface area contributed by atoms with Crippen LogP contribution in [0.3, 0.4) is 0 Å². The maximum Gasteiger partial charge on any atom is 0.123 e. The summed E-state index contributed by atoms with van der Waals surface area (Å²) in [6.45, 7) is 4.11. The predicted octanol–water partition coefficient (Wildman–Crippen LogP) is 1.91. The van der Waals surface area contributed by atoms with Gasteiger partial charge in [0.25, 0.3) is 0 Å². The fraction of sp³-hybridized carbons (Fsp3) is 0.350. The molecule has 1 fully saturated rings. The van der Waals surface area contributed by atoms with Crippen LogP contribution in [0.15, 0.2) is 47.5 Å². The van der Waals surface area contributed by atoms with E-state index >= 15 is 0 Å². The van der Waals surface area contributed by atoms with E-state index in [-0.39, 0.29) is 12.6 Å². The summed E-state index contributed by atoms with van der Waals surface area (Å²) >= 11 is 1.67. The Kier molecular flexibility index (Phi) is 6.58. The van der Waals surface area contributed by atoms with E-state index in [9.17, 15) is 5.11 Å². The van der Waals surface area contributed by atoms with Crippen LogP contribution in [0.5, 0.6) is 0 Å². The first kappa shape index (κ1) is 19.5. The van der Waals surface area contributed by atoms with Crippen molar-refractivity contribution in [3.05, 3.63) is 48.2 Å². The maximum atomic E-state index is 9.75. The van der Waals surface area contributed by atoms with Crippen molar-refractivity contribution < 1.29 is 10.2 Å². The molecule has 1 aromatic carbocycles. The Labute approximate surface area is 164 Å². The largest absolute Gasteiger partial charge is 0.393 e. The number of hydrogen-bond donors (Lipinski definition) is 3. The number of pyridine rings is 1. The van der Waals surface area contributed by atoms with Crippen LogP contribution in [0.2, 0.25) is 0 Å². The summed E-state index contributed by atoms with van der Waals surface area (Å²) in [4.78, 5) is 7.49. The van der Waals surface area contributed by atoms with E-state index in [0.29, 0.717) is 11.4 Å². The molecule has 4 N–H and O–H groups in total. The Morgan fingerprint density at radius 1 is 1.26 bits per heavy atom. The average molecular weight is 385 g/mol. The van der Waals surface area contributed by atoms with Gasteiger partial charge < -0.3 is 20.8 Å². The fourth-order valence-electron chi connectivity index (χ4n) is 3.03. The molecule has 0 radical (unpaired) electrons. The summed E-state index contributed by atoms with van der Waals surface area (Å²) < 4.78 is 2.29. The minimum atomic E-state index is -0.841. The second-order valence-corrected chi connectivity index (χ2v) is 7.46. The molecule has 6 nitrogen and oxygen atoms in total. The third kappa shape index (κ3) is 4.93. The van der Waals surface area contributed by atoms with E-state index in [1.165, 1.54) is 0 Å². The van der Waals surface area contributed by atoms with Crippen molar-refractivity contribution in [3.63, 3.8) is 0 Å². The van der Waals surface area contributed by atoms with Crippen molar-refractivity contribution in [2.45, 2.75) is 24.0 Å². The van der Waals surface area contributed by atoms with Gasteiger partial charge in [-0.25, -0.2) is 9.29 Å². The van der Waals surface area contributed by atoms with Crippen molar-refractivity contribution in [2.75, 3.05) is 36.9 Å². The number of piperazine rings is 1. The third-order valence-corrected chi connectivity index (χ3v) is 5.47. The molecular weight excluding hydrogens is 360 g/mol. The first-order chi connectivity index (χ1) is 13.1. The Hall–Kier alpha value is -2.24. The smallest absolute Gasteiger partial charge is 0.123 e. The van der Waals surface area contributed by atoms with E-state index in [1.807, 2.05) is 43.3 Å². The van der Waals surface area contributed by atoms with Gasteiger partial charge in [0.2, 0.25) is 0 Å². The van der Waals surface area contributed by atoms with Gasteiger partial charge in [-0.05, 0) is 48.7 Å². The van der Waals surface area contributed by atoms with E-state index in [0.717, 1.165) is 30.2 Å². The molecular formula is C20H24N4O2S. The number of nitrogens with two attached hydrogens (primary N) is 1. The first-order valence-corrected chi connectivity index (χ1v) is 9.60. The highest BCUT2D eigenvalue weighted by molar-refractivity contribution is 7.97. The van der Waals surface area contributed by atoms with E-state index < -0.39 is 6.10 Å². The van der Waals surface area contributed by atoms with Gasteiger partial charge in [-0.3, -0.25) is 0 Å². The lowest BCUT2D eigenvalue weighted by atomic mass is 10.1. The highest BCUT2D eigenvalue weighted by atomic mass is 32.2. The van der Waals surface area contributed by atoms with Crippen LogP contribution in [0.1, 0.15) is 18.6 Å². The molecule has 0 spiro atoms. The highest BCUT2D eigenvalue weighted by Gasteiger charge is 2.26. The zero-order valence-corrected chi connectivity index (χ0v) is 16.1. The lowest BCUT2D eigenvalue weighted by Crippen LogP contribution is -2.50. The standard InChI is InChI=1S/C20H24N4O2S/c1-2-3-17-13-23(27-18-8-9-20(21)22-12-18)10-11-24(17)16-6-4-15(5-7-16)19(26)14-25/h4-9,12,17,19,25-26H,10-11,13-14H2,1H3,(H2,21,22)/t17-,19?/m1/s1. The molecule has 0 bridgehead atoms. The van der Waals surface area contributed by atoms with Crippen LogP contribution in [-0.2, 0) is 0 Å². The molecule has 1 aliphatic rings. The molecule has 0 amide bonds. The van der Waals surface area contributed by atoms with Gasteiger partial charge in [0.1, 0.15) is 18.0 Å². The summed E-state index contributed by atoms with van der Waals surface area (Å²) in [5.41, 5.74) is 7.43. The van der Waals surface area contributed by atoms with Gasteiger partial charge in [0.15, 0.2) is 0 Å². The molecule has 1 unspecified atom stereocenters. The van der Waals surface area contributed by atoms with E-state index in [2.05, 4.69) is 26.0 Å². The maximum absolute atomic E-state index is 9.75. The predicted molar refractivity (Wildman–Crippen MR) is 109 cm³/mol. The lowest BCUT2D eigenvalue weighted by Gasteiger charge is -2.40. The zero-order chi connectivity index (χ0) is 19.2. The molecule has 27 heavy (non-hydrogen) atoms. The van der Waals surface area contributed by atoms with Gasteiger partial charge in [-0.1, -0.05) is 18.1 Å². The molecule has 142 valence electrons. The second kappa shape index (κ2) is 9.11. The Morgan fingerprint density at radius 2 is 2.04 bits per heavy atom. The molecule has 1 aliphatic heterocycles. The van der Waals surface area contributed by atoms with Crippen molar-refractivity contribution >= 4 is 23.5 Å². The topological polar surface area (TPSA) is 85.9 Å². The van der Waals surface area contributed by atoms with Crippen LogP contribution in [-0.4, -0.2) is 51.8 Å². The number of aliphatic hydroxyl groups is 2. The molecule has 0 saturated carbocycles. The van der Waals surface area contributed by atoms with Crippen LogP contribution >= 0.6 is 11.9 Å². The minimum absolute atomic E-state index is 0.0756. The van der Waals surface area contributed by atoms with Gasteiger partial charge in [-0.15, -0.1) is 5.92 Å². The Morgan fingerprint density at radius 3 is 2.67 bits per heavy atom. The SMILES string of the molecule is CC#C[C@@H]1CN(Sc2ccc(N)nc2)CCN1c1ccc(C(O)CO)cc1. The normalized spacial score (nSPS) is 18.6. The number of benzene rings is 1. The molecule has 3 rings (SSSR count). The summed E-state index contributed by atoms with van der Waals surface area (Å²) in [5, 5.41) is 18.8. The van der Waals surface area contributed by atoms with Crippen molar-refractivity contribution in [1.29, 1.82) is 0 Å². The van der Waals surface area contributed by atoms with Crippen LogP contribution in [0, 0.1) is 11.8 Å². The summed E-state index contributed by atoms with van der Waals surface area (Å²) in [5.74, 6) is 6.86. The van der Waals surface area contributed by atoms with E-state index in [4.69, 9.17) is 10.8 Å². The number of aliphatic hydroxyl groups excluding tert-OH is 2. The first-order valence-electron chi connectivity index (χ1n) is 8.83. The van der Waals surface area contributed by atoms with Gasteiger partial charge in [0.05, 0.1) is 6.61 Å². The summed E-state index contributed by atoms with van der Waals surface area (Å²) in [6, 6.07) is 11.5. The summed E-state index contributed by atoms with van der Waals surface area (Å²) in [7, 11) is 0. The molecule has 2 atom stereocenters. The zero-order valence-electron chi connectivity index (χ0n) is 15.2. The van der Waals surface area contributed by atoms with Gasteiger partial charge >= 0.3 is 0 Å². The van der Waals surface area contributed by atoms with Gasteiger partial charge in [-0.2, -0.15) is 0 Å². The Balaban J connectivity index is 1.70. The average Bonchev–Trinajstić information content (AvgIpc) is 2.70. The monoisotopic (exact) mass is 384 g/mol. The van der Waals surface area contributed by atoms with Crippen molar-refractivity contribution in [1.82, 2.24) is 9.29 Å². The number of aromatic nitrogens is 1. The molecule has 0 aliphatic carbocycles. The number of hydrogen-bond acceptors (Lipinski definition) is 7. The van der Waals surface area contributed by atoms with Crippen LogP contribution in [0.4, 0.5) is 11.5 Å². The molecule has 1 saturated heterocycles. The number of rotatable bonds is 5. The number of nitrogens with zero attached hydrogens (tertiary/aromatic N) is 3. The van der Waals surface area contributed by atoms with E-state index in [1.54, 1.807) is 18.1 Å². The lowest BCUT2D eigenvalue weighted by molar-refractivity contribution is 0.0956. The van der Waals surface area contributed by atoms with Crippen LogP contribution in [0.25, 0.3) is 0 Å². The second-order valence-electron chi connectivity index (χ2n) is 6.29. The number of nitrogen functional groups attached to an aromatic ring is 1. The molecule has 2 aromatic rings. The minimum Gasteiger partial charge on any atom is -0.393 e. The Bertz CT molecular complexity index is 801. The number of anilines is 2. The summed E-state index contributed by atoms with van der Waals surface area (Å²) in [6.07, 6.45) is 0.949. The molecule has 7 heteroatoms. The third-order valence-electron chi connectivity index (χ3n) is 4.43. The highest BCUT2D eigenvalue weighted by Crippen LogP contribution is 2.28. The molecule has 2 heterocycles. The fourth-order valence-corrected chi connectivity index (χ4v) is 3.94. The van der Waals surface area contributed by atoms with Crippen molar-refractivity contribution in [2.24, 2.45) is 0 Å².